The van der Waals surface area contributed by atoms with Crippen molar-refractivity contribution in [3.05, 3.63) is 0 Å². The standard InChI is InChI=1S/C13H25NO2/c1-11(12-5-8-16-9-12)14-10-13(15)6-3-2-4-7-13/h11-12,14-15H,2-10H2,1H3. The fourth-order valence-electron chi connectivity index (χ4n) is 2.85. The summed E-state index contributed by atoms with van der Waals surface area (Å²) in [6.45, 7) is 4.75. The molecule has 3 heteroatoms. The summed E-state index contributed by atoms with van der Waals surface area (Å²) in [5, 5.41) is 13.9. The van der Waals surface area contributed by atoms with E-state index in [1.807, 2.05) is 0 Å². The topological polar surface area (TPSA) is 41.5 Å². The van der Waals surface area contributed by atoms with Crippen LogP contribution in [-0.2, 0) is 4.74 Å². The van der Waals surface area contributed by atoms with Gasteiger partial charge in [-0.15, -0.1) is 0 Å². The van der Waals surface area contributed by atoms with Gasteiger partial charge in [-0.1, -0.05) is 19.3 Å². The van der Waals surface area contributed by atoms with E-state index in [0.29, 0.717) is 12.0 Å². The van der Waals surface area contributed by atoms with Crippen molar-refractivity contribution in [3.63, 3.8) is 0 Å². The third-order valence-electron chi connectivity index (χ3n) is 4.21. The van der Waals surface area contributed by atoms with Gasteiger partial charge >= 0.3 is 0 Å². The average molecular weight is 227 g/mol. The molecule has 2 fully saturated rings. The number of aliphatic hydroxyl groups is 1. The summed E-state index contributed by atoms with van der Waals surface area (Å²) >= 11 is 0. The van der Waals surface area contributed by atoms with E-state index in [4.69, 9.17) is 4.74 Å². The minimum atomic E-state index is -0.439. The van der Waals surface area contributed by atoms with E-state index in [2.05, 4.69) is 12.2 Å². The zero-order valence-electron chi connectivity index (χ0n) is 10.4. The van der Waals surface area contributed by atoms with Gasteiger partial charge in [0.15, 0.2) is 0 Å². The summed E-state index contributed by atoms with van der Waals surface area (Å²) in [6, 6.07) is 0.466. The summed E-state index contributed by atoms with van der Waals surface area (Å²) in [4.78, 5) is 0. The molecule has 0 amide bonds. The Kier molecular flexibility index (Phi) is 4.22. The van der Waals surface area contributed by atoms with Crippen LogP contribution in [0.1, 0.15) is 45.4 Å². The highest BCUT2D eigenvalue weighted by Gasteiger charge is 2.30. The normalized spacial score (nSPS) is 31.5. The molecule has 1 saturated carbocycles. The van der Waals surface area contributed by atoms with Crippen LogP contribution in [0.2, 0.25) is 0 Å². The SMILES string of the molecule is CC(NCC1(O)CCCCC1)C1CCOC1. The Labute approximate surface area is 98.6 Å². The molecule has 0 radical (unpaired) electrons. The fraction of sp³-hybridized carbons (Fsp3) is 1.00. The van der Waals surface area contributed by atoms with Crippen LogP contribution >= 0.6 is 0 Å². The second-order valence-corrected chi connectivity index (χ2v) is 5.58. The lowest BCUT2D eigenvalue weighted by atomic mass is 9.84. The lowest BCUT2D eigenvalue weighted by Gasteiger charge is -2.34. The Morgan fingerprint density at radius 3 is 2.75 bits per heavy atom. The van der Waals surface area contributed by atoms with E-state index < -0.39 is 5.60 Å². The molecule has 1 aliphatic heterocycles. The molecule has 1 heterocycles. The molecule has 2 rings (SSSR count). The predicted molar refractivity (Wildman–Crippen MR) is 64.4 cm³/mol. The molecule has 2 unspecified atom stereocenters. The molecule has 2 N–H and O–H groups in total. The molecule has 1 saturated heterocycles. The maximum Gasteiger partial charge on any atom is 0.0771 e. The van der Waals surface area contributed by atoms with Gasteiger partial charge in [0.1, 0.15) is 0 Å². The zero-order valence-corrected chi connectivity index (χ0v) is 10.4. The average Bonchev–Trinajstić information content (AvgIpc) is 2.80. The number of hydrogen-bond acceptors (Lipinski definition) is 3. The van der Waals surface area contributed by atoms with Crippen LogP contribution in [0.4, 0.5) is 0 Å². The fourth-order valence-corrected chi connectivity index (χ4v) is 2.85. The van der Waals surface area contributed by atoms with Crippen LogP contribution < -0.4 is 5.32 Å². The molecule has 94 valence electrons. The van der Waals surface area contributed by atoms with E-state index in [0.717, 1.165) is 39.0 Å². The van der Waals surface area contributed by atoms with Crippen LogP contribution in [-0.4, -0.2) is 36.5 Å². The summed E-state index contributed by atoms with van der Waals surface area (Å²) < 4.78 is 5.39. The maximum atomic E-state index is 10.4. The van der Waals surface area contributed by atoms with Crippen LogP contribution in [0, 0.1) is 5.92 Å². The van der Waals surface area contributed by atoms with Crippen LogP contribution in [0.25, 0.3) is 0 Å². The molecular weight excluding hydrogens is 202 g/mol. The molecule has 0 spiro atoms. The lowest BCUT2D eigenvalue weighted by Crippen LogP contribution is -2.47. The molecule has 1 aliphatic carbocycles. The first-order valence-corrected chi connectivity index (χ1v) is 6.73. The van der Waals surface area contributed by atoms with Gasteiger partial charge in [-0.2, -0.15) is 0 Å². The maximum absolute atomic E-state index is 10.4. The largest absolute Gasteiger partial charge is 0.389 e. The van der Waals surface area contributed by atoms with Crippen molar-refractivity contribution in [3.8, 4) is 0 Å². The Balaban J connectivity index is 1.72. The number of nitrogens with one attached hydrogen (secondary N) is 1. The minimum Gasteiger partial charge on any atom is -0.389 e. The first kappa shape index (κ1) is 12.3. The summed E-state index contributed by atoms with van der Waals surface area (Å²) in [5.74, 6) is 0.632. The highest BCUT2D eigenvalue weighted by atomic mass is 16.5. The summed E-state index contributed by atoms with van der Waals surface area (Å²) in [6.07, 6.45) is 6.74. The van der Waals surface area contributed by atoms with E-state index in [1.165, 1.54) is 19.3 Å². The molecule has 0 aromatic heterocycles. The van der Waals surface area contributed by atoms with Crippen LogP contribution in [0.15, 0.2) is 0 Å². The molecule has 0 aromatic carbocycles. The Morgan fingerprint density at radius 2 is 2.12 bits per heavy atom. The van der Waals surface area contributed by atoms with Crippen molar-refractivity contribution in [1.82, 2.24) is 5.32 Å². The highest BCUT2D eigenvalue weighted by Crippen LogP contribution is 2.27. The van der Waals surface area contributed by atoms with Gasteiger partial charge in [-0.25, -0.2) is 0 Å². The molecular formula is C13H25NO2. The monoisotopic (exact) mass is 227 g/mol. The third-order valence-corrected chi connectivity index (χ3v) is 4.21. The molecule has 16 heavy (non-hydrogen) atoms. The van der Waals surface area contributed by atoms with Crippen LogP contribution in [0.5, 0.6) is 0 Å². The van der Waals surface area contributed by atoms with Gasteiger partial charge < -0.3 is 15.2 Å². The van der Waals surface area contributed by atoms with Gasteiger partial charge in [0.2, 0.25) is 0 Å². The first-order chi connectivity index (χ1) is 7.70. The predicted octanol–water partition coefficient (Wildman–Crippen LogP) is 1.70. The molecule has 2 aliphatic rings. The van der Waals surface area contributed by atoms with Gasteiger partial charge in [0.05, 0.1) is 12.2 Å². The second-order valence-electron chi connectivity index (χ2n) is 5.58. The van der Waals surface area contributed by atoms with Crippen molar-refractivity contribution >= 4 is 0 Å². The Morgan fingerprint density at radius 1 is 1.38 bits per heavy atom. The Bertz CT molecular complexity index is 208. The van der Waals surface area contributed by atoms with Crippen LogP contribution in [0.3, 0.4) is 0 Å². The minimum absolute atomic E-state index is 0.439. The van der Waals surface area contributed by atoms with Crippen molar-refractivity contribution in [2.75, 3.05) is 19.8 Å². The summed E-state index contributed by atoms with van der Waals surface area (Å²) in [5.41, 5.74) is -0.439. The molecule has 0 bridgehead atoms. The lowest BCUT2D eigenvalue weighted by molar-refractivity contribution is 0.00139. The van der Waals surface area contributed by atoms with Crippen molar-refractivity contribution < 1.29 is 9.84 Å². The highest BCUT2D eigenvalue weighted by molar-refractivity contribution is 4.86. The Hall–Kier alpha value is -0.120. The van der Waals surface area contributed by atoms with E-state index in [-0.39, 0.29) is 0 Å². The molecule has 3 nitrogen and oxygen atoms in total. The van der Waals surface area contributed by atoms with Gasteiger partial charge in [0.25, 0.3) is 0 Å². The van der Waals surface area contributed by atoms with E-state index in [9.17, 15) is 5.11 Å². The van der Waals surface area contributed by atoms with Crippen molar-refractivity contribution in [1.29, 1.82) is 0 Å². The van der Waals surface area contributed by atoms with Gasteiger partial charge in [0, 0.05) is 19.2 Å². The zero-order chi connectivity index (χ0) is 11.4. The third kappa shape index (κ3) is 3.19. The van der Waals surface area contributed by atoms with Crippen molar-refractivity contribution in [2.24, 2.45) is 5.92 Å². The second kappa shape index (κ2) is 5.48. The first-order valence-electron chi connectivity index (χ1n) is 6.73. The quantitative estimate of drug-likeness (QED) is 0.768. The van der Waals surface area contributed by atoms with E-state index in [1.54, 1.807) is 0 Å². The number of hydrogen-bond donors (Lipinski definition) is 2. The summed E-state index contributed by atoms with van der Waals surface area (Å²) in [7, 11) is 0. The molecule has 0 aromatic rings. The smallest absolute Gasteiger partial charge is 0.0771 e. The molecule has 2 atom stereocenters. The number of ether oxygens (including phenoxy) is 1. The number of rotatable bonds is 4. The van der Waals surface area contributed by atoms with Crippen molar-refractivity contribution in [2.45, 2.75) is 57.1 Å². The van der Waals surface area contributed by atoms with E-state index >= 15 is 0 Å². The van der Waals surface area contributed by atoms with Gasteiger partial charge in [-0.3, -0.25) is 0 Å². The van der Waals surface area contributed by atoms with Gasteiger partial charge in [-0.05, 0) is 32.1 Å².